The topological polar surface area (TPSA) is 76.7 Å². The van der Waals surface area contributed by atoms with E-state index >= 15 is 0 Å². The molecule has 1 N–H and O–H groups in total. The second kappa shape index (κ2) is 5.43. The minimum atomic E-state index is 0.274. The Bertz CT molecular complexity index is 540. The van der Waals surface area contributed by atoms with Crippen molar-refractivity contribution in [1.29, 1.82) is 0 Å². The minimum absolute atomic E-state index is 0.274. The van der Waals surface area contributed by atoms with Crippen LogP contribution in [-0.2, 0) is 6.54 Å². The molecule has 0 fully saturated rings. The van der Waals surface area contributed by atoms with Crippen LogP contribution in [0.2, 0.25) is 0 Å². The average molecular weight is 312 g/mol. The Morgan fingerprint density at radius 1 is 1.33 bits per heavy atom. The van der Waals surface area contributed by atoms with Crippen LogP contribution in [0.15, 0.2) is 15.2 Å². The highest BCUT2D eigenvalue weighted by atomic mass is 79.9. The first-order valence-electron chi connectivity index (χ1n) is 5.62. The van der Waals surface area contributed by atoms with Crippen molar-refractivity contribution in [2.45, 2.75) is 33.2 Å². The standard InChI is InChI=1S/C11H14BrN5O/c1-6(2)11-15-8(12)4-9(16-11)13-5-10-14-7(3)18-17-10/h4,6H,5H2,1-3H3,(H,13,15,16). The van der Waals surface area contributed by atoms with Crippen LogP contribution < -0.4 is 5.32 Å². The van der Waals surface area contributed by atoms with E-state index in [1.54, 1.807) is 6.92 Å². The molecule has 2 aromatic rings. The van der Waals surface area contributed by atoms with Crippen LogP contribution in [-0.4, -0.2) is 20.1 Å². The molecule has 18 heavy (non-hydrogen) atoms. The Morgan fingerprint density at radius 2 is 2.11 bits per heavy atom. The lowest BCUT2D eigenvalue weighted by Gasteiger charge is -2.08. The van der Waals surface area contributed by atoms with Crippen molar-refractivity contribution < 1.29 is 4.52 Å². The van der Waals surface area contributed by atoms with E-state index in [0.717, 1.165) is 16.2 Å². The van der Waals surface area contributed by atoms with E-state index in [-0.39, 0.29) is 5.92 Å². The number of hydrogen-bond acceptors (Lipinski definition) is 6. The highest BCUT2D eigenvalue weighted by molar-refractivity contribution is 9.10. The van der Waals surface area contributed by atoms with Gasteiger partial charge in [-0.25, -0.2) is 9.97 Å². The van der Waals surface area contributed by atoms with E-state index in [9.17, 15) is 0 Å². The molecule has 2 heterocycles. The molecule has 0 atom stereocenters. The second-order valence-corrected chi connectivity index (χ2v) is 4.98. The quantitative estimate of drug-likeness (QED) is 0.875. The molecule has 0 radical (unpaired) electrons. The molecule has 0 saturated carbocycles. The lowest BCUT2D eigenvalue weighted by Crippen LogP contribution is -2.06. The van der Waals surface area contributed by atoms with Gasteiger partial charge in [0.05, 0.1) is 6.54 Å². The number of halogens is 1. The lowest BCUT2D eigenvalue weighted by molar-refractivity contribution is 0.388. The van der Waals surface area contributed by atoms with E-state index in [4.69, 9.17) is 4.52 Å². The van der Waals surface area contributed by atoms with Crippen molar-refractivity contribution in [3.8, 4) is 0 Å². The highest BCUT2D eigenvalue weighted by Gasteiger charge is 2.08. The van der Waals surface area contributed by atoms with E-state index < -0.39 is 0 Å². The molecule has 0 aliphatic rings. The van der Waals surface area contributed by atoms with Gasteiger partial charge in [0.2, 0.25) is 5.89 Å². The molecule has 0 spiro atoms. The van der Waals surface area contributed by atoms with Gasteiger partial charge in [0, 0.05) is 18.9 Å². The largest absolute Gasteiger partial charge is 0.362 e. The van der Waals surface area contributed by atoms with E-state index in [2.05, 4.69) is 41.4 Å². The normalized spacial score (nSPS) is 10.9. The van der Waals surface area contributed by atoms with Crippen LogP contribution in [0.5, 0.6) is 0 Å². The third-order valence-corrected chi connectivity index (χ3v) is 2.63. The molecule has 96 valence electrons. The number of aryl methyl sites for hydroxylation is 1. The summed E-state index contributed by atoms with van der Waals surface area (Å²) in [6, 6.07) is 1.82. The highest BCUT2D eigenvalue weighted by Crippen LogP contribution is 2.17. The van der Waals surface area contributed by atoms with Crippen LogP contribution in [0.1, 0.15) is 37.3 Å². The van der Waals surface area contributed by atoms with Crippen molar-refractivity contribution in [2.24, 2.45) is 0 Å². The van der Waals surface area contributed by atoms with Gasteiger partial charge in [-0.2, -0.15) is 4.98 Å². The van der Waals surface area contributed by atoms with Crippen LogP contribution in [0.4, 0.5) is 5.82 Å². The number of rotatable bonds is 4. The fourth-order valence-corrected chi connectivity index (χ4v) is 1.77. The Kier molecular flexibility index (Phi) is 3.90. The number of nitrogens with one attached hydrogen (secondary N) is 1. The van der Waals surface area contributed by atoms with Gasteiger partial charge in [-0.05, 0) is 15.9 Å². The first-order chi connectivity index (χ1) is 8.54. The van der Waals surface area contributed by atoms with Gasteiger partial charge in [-0.3, -0.25) is 0 Å². The summed E-state index contributed by atoms with van der Waals surface area (Å²) in [4.78, 5) is 12.8. The molecule has 0 aliphatic carbocycles. The molecule has 0 saturated heterocycles. The van der Waals surface area contributed by atoms with Crippen molar-refractivity contribution in [3.63, 3.8) is 0 Å². The predicted molar refractivity (Wildman–Crippen MR) is 70.2 cm³/mol. The van der Waals surface area contributed by atoms with Crippen molar-refractivity contribution in [2.75, 3.05) is 5.32 Å². The SMILES string of the molecule is Cc1nc(CNc2cc(Br)nc(C(C)C)n2)no1. The zero-order valence-electron chi connectivity index (χ0n) is 10.4. The molecular weight excluding hydrogens is 298 g/mol. The Labute approximate surface area is 113 Å². The Hall–Kier alpha value is -1.50. The minimum Gasteiger partial charge on any atom is -0.362 e. The van der Waals surface area contributed by atoms with Gasteiger partial charge in [0.15, 0.2) is 5.82 Å². The van der Waals surface area contributed by atoms with Crippen molar-refractivity contribution in [1.82, 2.24) is 20.1 Å². The third-order valence-electron chi connectivity index (χ3n) is 2.23. The fourth-order valence-electron chi connectivity index (χ4n) is 1.37. The van der Waals surface area contributed by atoms with Gasteiger partial charge >= 0.3 is 0 Å². The summed E-state index contributed by atoms with van der Waals surface area (Å²) in [6.45, 7) is 6.33. The van der Waals surface area contributed by atoms with Crippen LogP contribution in [0.3, 0.4) is 0 Å². The van der Waals surface area contributed by atoms with E-state index in [1.165, 1.54) is 0 Å². The van der Waals surface area contributed by atoms with Gasteiger partial charge < -0.3 is 9.84 Å². The first-order valence-corrected chi connectivity index (χ1v) is 6.41. The molecule has 2 rings (SSSR count). The van der Waals surface area contributed by atoms with Crippen molar-refractivity contribution >= 4 is 21.7 Å². The third kappa shape index (κ3) is 3.25. The number of aromatic nitrogens is 4. The number of nitrogens with zero attached hydrogens (tertiary/aromatic N) is 4. The van der Waals surface area contributed by atoms with Crippen LogP contribution in [0.25, 0.3) is 0 Å². The maximum Gasteiger partial charge on any atom is 0.223 e. The fraction of sp³-hybridized carbons (Fsp3) is 0.455. The molecule has 0 aromatic carbocycles. The number of anilines is 1. The van der Waals surface area contributed by atoms with Gasteiger partial charge in [-0.15, -0.1) is 0 Å². The van der Waals surface area contributed by atoms with Crippen LogP contribution >= 0.6 is 15.9 Å². The second-order valence-electron chi connectivity index (χ2n) is 4.17. The van der Waals surface area contributed by atoms with E-state index in [0.29, 0.717) is 18.3 Å². The summed E-state index contributed by atoms with van der Waals surface area (Å²) in [5, 5.41) is 6.95. The summed E-state index contributed by atoms with van der Waals surface area (Å²) in [5.41, 5.74) is 0. The monoisotopic (exact) mass is 311 g/mol. The zero-order valence-corrected chi connectivity index (χ0v) is 12.0. The maximum absolute atomic E-state index is 4.90. The van der Waals surface area contributed by atoms with Gasteiger partial charge in [-0.1, -0.05) is 19.0 Å². The summed E-state index contributed by atoms with van der Waals surface area (Å²) in [7, 11) is 0. The molecule has 0 amide bonds. The van der Waals surface area contributed by atoms with Gasteiger partial charge in [0.1, 0.15) is 16.2 Å². The predicted octanol–water partition coefficient (Wildman–Crippen LogP) is 2.67. The van der Waals surface area contributed by atoms with Gasteiger partial charge in [0.25, 0.3) is 0 Å². The zero-order chi connectivity index (χ0) is 13.1. The molecule has 7 heteroatoms. The molecule has 0 bridgehead atoms. The summed E-state index contributed by atoms with van der Waals surface area (Å²) in [6.07, 6.45) is 0. The average Bonchev–Trinajstić information content (AvgIpc) is 2.72. The molecular formula is C11H14BrN5O. The Morgan fingerprint density at radius 3 is 2.72 bits per heavy atom. The smallest absolute Gasteiger partial charge is 0.223 e. The van der Waals surface area contributed by atoms with Crippen LogP contribution in [0, 0.1) is 6.92 Å². The Balaban J connectivity index is 2.09. The molecule has 0 unspecified atom stereocenters. The number of hydrogen-bond donors (Lipinski definition) is 1. The van der Waals surface area contributed by atoms with Crippen molar-refractivity contribution in [3.05, 3.63) is 28.2 Å². The first kappa shape index (κ1) is 12.9. The lowest BCUT2D eigenvalue weighted by atomic mass is 10.2. The molecule has 6 nitrogen and oxygen atoms in total. The summed E-state index contributed by atoms with van der Waals surface area (Å²) < 4.78 is 5.65. The molecule has 2 aromatic heterocycles. The summed E-state index contributed by atoms with van der Waals surface area (Å²) >= 11 is 3.37. The van der Waals surface area contributed by atoms with E-state index in [1.807, 2.05) is 19.9 Å². The molecule has 0 aliphatic heterocycles. The summed E-state index contributed by atoms with van der Waals surface area (Å²) in [5.74, 6) is 2.96. The maximum atomic E-state index is 4.90.